The van der Waals surface area contributed by atoms with Crippen molar-refractivity contribution >= 4 is 31.9 Å². The van der Waals surface area contributed by atoms with Crippen molar-refractivity contribution in [3.63, 3.8) is 0 Å². The first-order valence-corrected chi connectivity index (χ1v) is 8.43. The average Bonchev–Trinajstić information content (AvgIpc) is 2.56. The molecule has 0 aromatic heterocycles. The van der Waals surface area contributed by atoms with Gasteiger partial charge in [0.25, 0.3) is 10.0 Å². The van der Waals surface area contributed by atoms with Crippen LogP contribution in [0, 0.1) is 0 Å². The number of nitrogens with one attached hydrogen (secondary N) is 1. The molecule has 23 heavy (non-hydrogen) atoms. The van der Waals surface area contributed by atoms with Crippen LogP contribution in [-0.2, 0) is 10.0 Å². The fourth-order valence-corrected chi connectivity index (χ4v) is 2.53. The highest BCUT2D eigenvalue weighted by molar-refractivity contribution is 9.10. The van der Waals surface area contributed by atoms with Gasteiger partial charge in [-0.05, 0) is 46.3 Å². The molecule has 0 heterocycles. The number of benzene rings is 2. The van der Waals surface area contributed by atoms with E-state index in [-0.39, 0.29) is 10.5 Å². The SMILES string of the molecule is COc1ccc(Br)c(C(=O)O)c1.NNS(=O)(=O)c1ccccc1. The van der Waals surface area contributed by atoms with Gasteiger partial charge in [0, 0.05) is 4.47 Å². The number of carbonyl (C=O) groups is 1. The van der Waals surface area contributed by atoms with E-state index in [0.29, 0.717) is 10.2 Å². The molecule has 2 rings (SSSR count). The molecule has 0 atom stereocenters. The molecule has 0 aliphatic heterocycles. The van der Waals surface area contributed by atoms with E-state index in [1.54, 1.807) is 35.2 Å². The Morgan fingerprint density at radius 3 is 2.30 bits per heavy atom. The Hall–Kier alpha value is -1.94. The summed E-state index contributed by atoms with van der Waals surface area (Å²) >= 11 is 3.12. The molecule has 0 saturated carbocycles. The van der Waals surface area contributed by atoms with Crippen molar-refractivity contribution in [1.82, 2.24) is 4.83 Å². The van der Waals surface area contributed by atoms with E-state index in [4.69, 9.17) is 15.7 Å². The van der Waals surface area contributed by atoms with Crippen molar-refractivity contribution in [1.29, 1.82) is 0 Å². The third kappa shape index (κ3) is 5.64. The van der Waals surface area contributed by atoms with Gasteiger partial charge < -0.3 is 9.84 Å². The minimum Gasteiger partial charge on any atom is -0.497 e. The number of hydrogen-bond acceptors (Lipinski definition) is 5. The third-order valence-corrected chi connectivity index (χ3v) is 4.51. The Balaban J connectivity index is 0.000000231. The predicted octanol–water partition coefficient (Wildman–Crippen LogP) is 1.99. The summed E-state index contributed by atoms with van der Waals surface area (Å²) < 4.78 is 27.4. The predicted molar refractivity (Wildman–Crippen MR) is 88.6 cm³/mol. The van der Waals surface area contributed by atoms with Gasteiger partial charge in [0.05, 0.1) is 17.6 Å². The summed E-state index contributed by atoms with van der Waals surface area (Å²) in [6, 6.07) is 12.7. The van der Waals surface area contributed by atoms with Gasteiger partial charge in [0.2, 0.25) is 0 Å². The number of halogens is 1. The van der Waals surface area contributed by atoms with Crippen LogP contribution in [0.3, 0.4) is 0 Å². The molecule has 4 N–H and O–H groups in total. The van der Waals surface area contributed by atoms with E-state index >= 15 is 0 Å². The number of hydrazine groups is 1. The maximum Gasteiger partial charge on any atom is 0.336 e. The lowest BCUT2D eigenvalue weighted by Gasteiger charge is -2.02. The minimum absolute atomic E-state index is 0.169. The zero-order chi connectivity index (χ0) is 17.5. The molecule has 0 aliphatic rings. The van der Waals surface area contributed by atoms with Crippen molar-refractivity contribution in [3.8, 4) is 5.75 Å². The lowest BCUT2D eigenvalue weighted by atomic mass is 10.2. The molecule has 0 fully saturated rings. The fraction of sp³-hybridized carbons (Fsp3) is 0.0714. The molecule has 0 saturated heterocycles. The Morgan fingerprint density at radius 2 is 1.83 bits per heavy atom. The van der Waals surface area contributed by atoms with Crippen LogP contribution in [-0.4, -0.2) is 26.6 Å². The van der Waals surface area contributed by atoms with Crippen LogP contribution in [0.5, 0.6) is 5.75 Å². The van der Waals surface area contributed by atoms with Crippen LogP contribution in [0.25, 0.3) is 0 Å². The van der Waals surface area contributed by atoms with Gasteiger partial charge in [-0.25, -0.2) is 13.2 Å². The number of sulfonamides is 1. The Morgan fingerprint density at radius 1 is 1.22 bits per heavy atom. The number of nitrogens with two attached hydrogens (primary N) is 1. The second kappa shape index (κ2) is 8.63. The zero-order valence-corrected chi connectivity index (χ0v) is 14.5. The zero-order valence-electron chi connectivity index (χ0n) is 12.1. The van der Waals surface area contributed by atoms with Crippen LogP contribution < -0.4 is 15.4 Å². The molecule has 7 nitrogen and oxygen atoms in total. The number of ether oxygens (including phenoxy) is 1. The Bertz CT molecular complexity index is 766. The Labute approximate surface area is 142 Å². The summed E-state index contributed by atoms with van der Waals surface area (Å²) in [4.78, 5) is 12.5. The largest absolute Gasteiger partial charge is 0.497 e. The summed E-state index contributed by atoms with van der Waals surface area (Å²) in [5.41, 5.74) is 0.203. The first kappa shape index (κ1) is 19.1. The van der Waals surface area contributed by atoms with Gasteiger partial charge >= 0.3 is 5.97 Å². The minimum atomic E-state index is -3.47. The van der Waals surface area contributed by atoms with Gasteiger partial charge in [0.1, 0.15) is 5.75 Å². The van der Waals surface area contributed by atoms with Crippen molar-refractivity contribution in [2.75, 3.05) is 7.11 Å². The molecular formula is C14H15BrN2O5S. The van der Waals surface area contributed by atoms with E-state index < -0.39 is 16.0 Å². The second-order valence-corrected chi connectivity index (χ2v) is 6.65. The summed E-state index contributed by atoms with van der Waals surface area (Å²) in [6.45, 7) is 0. The first-order valence-electron chi connectivity index (χ1n) is 6.16. The molecular weight excluding hydrogens is 388 g/mol. The summed E-state index contributed by atoms with van der Waals surface area (Å²) in [5, 5.41) is 8.70. The first-order chi connectivity index (χ1) is 10.8. The van der Waals surface area contributed by atoms with E-state index in [9.17, 15) is 13.2 Å². The third-order valence-electron chi connectivity index (χ3n) is 2.61. The molecule has 124 valence electrons. The van der Waals surface area contributed by atoms with Crippen LogP contribution in [0.1, 0.15) is 10.4 Å². The highest BCUT2D eigenvalue weighted by atomic mass is 79.9. The second-order valence-electron chi connectivity index (χ2n) is 4.09. The monoisotopic (exact) mass is 402 g/mol. The highest BCUT2D eigenvalue weighted by Crippen LogP contribution is 2.22. The lowest BCUT2D eigenvalue weighted by molar-refractivity contribution is 0.0695. The lowest BCUT2D eigenvalue weighted by Crippen LogP contribution is -2.30. The topological polar surface area (TPSA) is 119 Å². The quantitative estimate of drug-likeness (QED) is 0.531. The molecule has 0 spiro atoms. The van der Waals surface area contributed by atoms with Gasteiger partial charge in [-0.3, -0.25) is 5.84 Å². The number of carboxylic acids is 1. The van der Waals surface area contributed by atoms with Crippen LogP contribution in [0.2, 0.25) is 0 Å². The Kier molecular flexibility index (Phi) is 7.17. The fourth-order valence-electron chi connectivity index (χ4n) is 1.46. The van der Waals surface area contributed by atoms with Gasteiger partial charge in [0.15, 0.2) is 0 Å². The van der Waals surface area contributed by atoms with Crippen LogP contribution >= 0.6 is 15.9 Å². The number of hydrogen-bond donors (Lipinski definition) is 3. The number of methoxy groups -OCH3 is 1. The van der Waals surface area contributed by atoms with Crippen molar-refractivity contribution in [2.45, 2.75) is 4.90 Å². The van der Waals surface area contributed by atoms with Crippen molar-refractivity contribution in [2.24, 2.45) is 5.84 Å². The average molecular weight is 403 g/mol. The molecule has 2 aromatic carbocycles. The van der Waals surface area contributed by atoms with Crippen molar-refractivity contribution < 1.29 is 23.1 Å². The molecule has 0 aliphatic carbocycles. The normalized spacial score (nSPS) is 10.4. The smallest absolute Gasteiger partial charge is 0.336 e. The van der Waals surface area contributed by atoms with Gasteiger partial charge in [-0.1, -0.05) is 18.2 Å². The summed E-state index contributed by atoms with van der Waals surface area (Å²) in [6.07, 6.45) is 0. The molecule has 0 bridgehead atoms. The summed E-state index contributed by atoms with van der Waals surface area (Å²) in [7, 11) is -1.98. The number of rotatable bonds is 4. The maximum atomic E-state index is 11.0. The molecule has 0 radical (unpaired) electrons. The standard InChI is InChI=1S/C8H7BrO3.C6H8N2O2S/c1-12-5-2-3-7(9)6(4-5)8(10)11;7-8-11(9,10)6-4-2-1-3-5-6/h2-4H,1H3,(H,10,11);1-5,8H,7H2. The van der Waals surface area contributed by atoms with Gasteiger partial charge in [-0.2, -0.15) is 4.83 Å². The number of carboxylic acid groups (broad SMARTS) is 1. The molecule has 0 amide bonds. The number of aromatic carboxylic acids is 1. The summed E-state index contributed by atoms with van der Waals surface area (Å²) in [5.74, 6) is 4.37. The van der Waals surface area contributed by atoms with E-state index in [0.717, 1.165) is 0 Å². The maximum absolute atomic E-state index is 11.0. The van der Waals surface area contributed by atoms with E-state index in [2.05, 4.69) is 15.9 Å². The molecule has 2 aromatic rings. The van der Waals surface area contributed by atoms with Crippen LogP contribution in [0.4, 0.5) is 0 Å². The molecule has 9 heteroatoms. The van der Waals surface area contributed by atoms with Gasteiger partial charge in [-0.15, -0.1) is 0 Å². The van der Waals surface area contributed by atoms with Crippen LogP contribution in [0.15, 0.2) is 57.9 Å². The van der Waals surface area contributed by atoms with E-state index in [1.165, 1.54) is 25.3 Å². The van der Waals surface area contributed by atoms with E-state index in [1.807, 2.05) is 0 Å². The molecule has 0 unspecified atom stereocenters. The highest BCUT2D eigenvalue weighted by Gasteiger charge is 2.09. The van der Waals surface area contributed by atoms with Crippen molar-refractivity contribution in [3.05, 3.63) is 58.6 Å².